The van der Waals surface area contributed by atoms with Crippen molar-refractivity contribution in [3.05, 3.63) is 63.9 Å². The summed E-state index contributed by atoms with van der Waals surface area (Å²) >= 11 is 3.22. The highest BCUT2D eigenvalue weighted by Gasteiger charge is 2.13. The van der Waals surface area contributed by atoms with E-state index >= 15 is 0 Å². The van der Waals surface area contributed by atoms with Crippen LogP contribution >= 0.6 is 15.9 Å². The summed E-state index contributed by atoms with van der Waals surface area (Å²) in [5, 5.41) is 2.85. The number of carbonyl (C=O) groups is 1. The van der Waals surface area contributed by atoms with Crippen molar-refractivity contribution in [2.24, 2.45) is 0 Å². The zero-order valence-electron chi connectivity index (χ0n) is 18.9. The molecule has 1 amide bonds. The first-order valence-corrected chi connectivity index (χ1v) is 11.4. The third kappa shape index (κ3) is 7.78. The highest BCUT2D eigenvalue weighted by atomic mass is 79.9. The highest BCUT2D eigenvalue weighted by molar-refractivity contribution is 9.10. The highest BCUT2D eigenvalue weighted by Crippen LogP contribution is 2.24. The normalized spacial score (nSPS) is 11.7. The van der Waals surface area contributed by atoms with Crippen molar-refractivity contribution in [3.8, 4) is 5.75 Å². The number of nitrogens with zero attached hydrogens (tertiary/aromatic N) is 1. The Balaban J connectivity index is 2.03. The lowest BCUT2D eigenvalue weighted by Gasteiger charge is -2.30. The van der Waals surface area contributed by atoms with Crippen LogP contribution in [0.4, 0.5) is 10.1 Å². The maximum absolute atomic E-state index is 13.9. The molecule has 0 unspecified atom stereocenters. The molecule has 0 heterocycles. The predicted octanol–water partition coefficient (Wildman–Crippen LogP) is 6.30. The Morgan fingerprint density at radius 1 is 1.16 bits per heavy atom. The molecule has 0 aliphatic rings. The Bertz CT molecular complexity index is 904. The molecule has 1 N–H and O–H groups in total. The van der Waals surface area contributed by atoms with Crippen LogP contribution in [0.5, 0.6) is 5.75 Å². The molecule has 0 aromatic heterocycles. The van der Waals surface area contributed by atoms with E-state index in [4.69, 9.17) is 4.74 Å². The first-order chi connectivity index (χ1) is 14.7. The van der Waals surface area contributed by atoms with Gasteiger partial charge >= 0.3 is 0 Å². The third-order valence-electron chi connectivity index (χ3n) is 5.11. The van der Waals surface area contributed by atoms with Crippen LogP contribution in [0.3, 0.4) is 0 Å². The largest absolute Gasteiger partial charge is 0.496 e. The molecule has 0 bridgehead atoms. The quantitative estimate of drug-likeness (QED) is 0.397. The number of amides is 1. The fraction of sp³-hybridized carbons (Fsp3) is 0.400. The molecule has 0 saturated heterocycles. The fourth-order valence-corrected chi connectivity index (χ4v) is 3.94. The molecule has 2 aromatic carbocycles. The molecule has 4 nitrogen and oxygen atoms in total. The topological polar surface area (TPSA) is 41.6 Å². The average Bonchev–Trinajstić information content (AvgIpc) is 2.70. The summed E-state index contributed by atoms with van der Waals surface area (Å²) in [6.45, 7) is 9.85. The van der Waals surface area contributed by atoms with Gasteiger partial charge in [0.1, 0.15) is 11.6 Å². The molecule has 0 spiro atoms. The van der Waals surface area contributed by atoms with E-state index in [1.54, 1.807) is 19.2 Å². The van der Waals surface area contributed by atoms with Crippen molar-refractivity contribution in [2.45, 2.75) is 52.6 Å². The van der Waals surface area contributed by atoms with Crippen molar-refractivity contribution < 1.29 is 13.9 Å². The van der Waals surface area contributed by atoms with Crippen LogP contribution in [0.25, 0.3) is 6.08 Å². The monoisotopic (exact) mass is 490 g/mol. The second-order valence-corrected chi connectivity index (χ2v) is 8.96. The fourth-order valence-electron chi connectivity index (χ4n) is 3.60. The van der Waals surface area contributed by atoms with Crippen LogP contribution in [-0.4, -0.2) is 36.5 Å². The second-order valence-electron chi connectivity index (χ2n) is 8.04. The van der Waals surface area contributed by atoms with E-state index in [1.165, 1.54) is 18.2 Å². The number of ether oxygens (including phenoxy) is 1. The Kier molecular flexibility index (Phi) is 9.72. The molecule has 2 rings (SSSR count). The molecule has 0 radical (unpaired) electrons. The Labute approximate surface area is 193 Å². The standard InChI is InChI=1S/C25H32BrFN2O2/c1-17(2)29(18(3)4)14-6-7-20-15-22(11-12-24(20)31-5)28-25(30)13-9-19-8-10-21(26)16-23(19)27/h8-13,15-18H,6-7,14H2,1-5H3,(H,28,30). The lowest BCUT2D eigenvalue weighted by atomic mass is 10.1. The summed E-state index contributed by atoms with van der Waals surface area (Å²) in [6.07, 6.45) is 4.64. The van der Waals surface area contributed by atoms with Gasteiger partial charge in [-0.25, -0.2) is 4.39 Å². The molecule has 2 aromatic rings. The van der Waals surface area contributed by atoms with E-state index in [0.717, 1.165) is 30.7 Å². The number of aryl methyl sites for hydroxylation is 1. The minimum atomic E-state index is -0.387. The zero-order valence-corrected chi connectivity index (χ0v) is 20.5. The molecule has 0 fully saturated rings. The van der Waals surface area contributed by atoms with Crippen LogP contribution in [0.15, 0.2) is 46.9 Å². The molecule has 0 aliphatic heterocycles. The second kappa shape index (κ2) is 12.0. The summed E-state index contributed by atoms with van der Waals surface area (Å²) in [5.74, 6) is 0.109. The minimum absolute atomic E-state index is 0.316. The van der Waals surface area contributed by atoms with Gasteiger partial charge in [0, 0.05) is 33.9 Å². The average molecular weight is 491 g/mol. The number of benzene rings is 2. The molecular weight excluding hydrogens is 459 g/mol. The van der Waals surface area contributed by atoms with Crippen LogP contribution < -0.4 is 10.1 Å². The number of methoxy groups -OCH3 is 1. The van der Waals surface area contributed by atoms with Crippen molar-refractivity contribution in [3.63, 3.8) is 0 Å². The van der Waals surface area contributed by atoms with Gasteiger partial charge < -0.3 is 10.1 Å². The first kappa shape index (κ1) is 25.1. The molecule has 31 heavy (non-hydrogen) atoms. The van der Waals surface area contributed by atoms with E-state index in [-0.39, 0.29) is 11.7 Å². The van der Waals surface area contributed by atoms with Gasteiger partial charge in [0.05, 0.1) is 7.11 Å². The summed E-state index contributed by atoms with van der Waals surface area (Å²) in [5.41, 5.74) is 2.09. The minimum Gasteiger partial charge on any atom is -0.496 e. The summed E-state index contributed by atoms with van der Waals surface area (Å²) in [6, 6.07) is 11.3. The number of hydrogen-bond acceptors (Lipinski definition) is 3. The van der Waals surface area contributed by atoms with Gasteiger partial charge in [-0.15, -0.1) is 0 Å². The molecular formula is C25H32BrFN2O2. The van der Waals surface area contributed by atoms with Crippen LogP contribution in [-0.2, 0) is 11.2 Å². The van der Waals surface area contributed by atoms with Gasteiger partial charge in [-0.2, -0.15) is 0 Å². The first-order valence-electron chi connectivity index (χ1n) is 10.6. The SMILES string of the molecule is COc1ccc(NC(=O)C=Cc2ccc(Br)cc2F)cc1CCCN(C(C)C)C(C)C. The number of carbonyl (C=O) groups excluding carboxylic acids is 1. The number of anilines is 1. The van der Waals surface area contributed by atoms with Gasteiger partial charge in [0.25, 0.3) is 0 Å². The molecule has 0 saturated carbocycles. The lowest BCUT2D eigenvalue weighted by molar-refractivity contribution is -0.111. The Hall–Kier alpha value is -2.18. The molecule has 6 heteroatoms. The van der Waals surface area contributed by atoms with Crippen molar-refractivity contribution >= 4 is 33.6 Å². The van der Waals surface area contributed by atoms with Crippen molar-refractivity contribution in [2.75, 3.05) is 19.0 Å². The number of hydrogen-bond donors (Lipinski definition) is 1. The molecule has 168 valence electrons. The van der Waals surface area contributed by atoms with Crippen molar-refractivity contribution in [1.29, 1.82) is 0 Å². The maximum atomic E-state index is 13.9. The van der Waals surface area contributed by atoms with E-state index in [9.17, 15) is 9.18 Å². The lowest BCUT2D eigenvalue weighted by Crippen LogP contribution is -2.37. The zero-order chi connectivity index (χ0) is 23.0. The Morgan fingerprint density at radius 2 is 1.87 bits per heavy atom. The van der Waals surface area contributed by atoms with Gasteiger partial charge in [0.2, 0.25) is 5.91 Å². The summed E-state index contributed by atoms with van der Waals surface area (Å²) in [4.78, 5) is 14.8. The summed E-state index contributed by atoms with van der Waals surface area (Å²) < 4.78 is 20.1. The van der Waals surface area contributed by atoms with Gasteiger partial charge in [0.15, 0.2) is 0 Å². The molecule has 0 atom stereocenters. The smallest absolute Gasteiger partial charge is 0.248 e. The van der Waals surface area contributed by atoms with Crippen LogP contribution in [0.1, 0.15) is 45.2 Å². The molecule has 0 aliphatic carbocycles. The summed E-state index contributed by atoms with van der Waals surface area (Å²) in [7, 11) is 1.65. The number of nitrogens with one attached hydrogen (secondary N) is 1. The van der Waals surface area contributed by atoms with E-state index in [1.807, 2.05) is 18.2 Å². The van der Waals surface area contributed by atoms with Gasteiger partial charge in [-0.3, -0.25) is 9.69 Å². The van der Waals surface area contributed by atoms with Crippen LogP contribution in [0.2, 0.25) is 0 Å². The number of rotatable bonds is 10. The van der Waals surface area contributed by atoms with Crippen LogP contribution in [0, 0.1) is 5.82 Å². The van der Waals surface area contributed by atoms with Gasteiger partial charge in [-0.1, -0.05) is 22.0 Å². The Morgan fingerprint density at radius 3 is 2.48 bits per heavy atom. The maximum Gasteiger partial charge on any atom is 0.248 e. The predicted molar refractivity (Wildman–Crippen MR) is 130 cm³/mol. The van der Waals surface area contributed by atoms with Crippen molar-refractivity contribution in [1.82, 2.24) is 4.90 Å². The number of halogens is 2. The van der Waals surface area contributed by atoms with Gasteiger partial charge in [-0.05, 0) is 89.1 Å². The third-order valence-corrected chi connectivity index (χ3v) is 5.61. The van der Waals surface area contributed by atoms with E-state index in [0.29, 0.717) is 27.8 Å². The van der Waals surface area contributed by atoms with E-state index < -0.39 is 0 Å². The van der Waals surface area contributed by atoms with E-state index in [2.05, 4.69) is 53.8 Å².